The van der Waals surface area contributed by atoms with Crippen LogP contribution in [0.3, 0.4) is 0 Å². The van der Waals surface area contributed by atoms with E-state index >= 15 is 0 Å². The van der Waals surface area contributed by atoms with E-state index in [1.54, 1.807) is 23.7 Å². The number of aliphatic hydroxyl groups excluding tert-OH is 1. The predicted octanol–water partition coefficient (Wildman–Crippen LogP) is 2.58. The van der Waals surface area contributed by atoms with Crippen LogP contribution in [0, 0.1) is 6.92 Å². The molecule has 1 saturated heterocycles. The number of halogens is 2. The van der Waals surface area contributed by atoms with Gasteiger partial charge in [0.15, 0.2) is 5.65 Å². The molecule has 0 amide bonds. The molecule has 5 heterocycles. The highest BCUT2D eigenvalue weighted by Crippen LogP contribution is 2.27. The van der Waals surface area contributed by atoms with Crippen molar-refractivity contribution in [1.82, 2.24) is 34.0 Å². The Kier molecular flexibility index (Phi) is 5.90. The van der Waals surface area contributed by atoms with Crippen LogP contribution in [0.15, 0.2) is 30.6 Å². The fraction of sp³-hybridized carbons (Fsp3) is 0.455. The average Bonchev–Trinajstić information content (AvgIpc) is 3.35. The Morgan fingerprint density at radius 2 is 2.00 bits per heavy atom. The lowest BCUT2D eigenvalue weighted by molar-refractivity contribution is 0.127. The topological polar surface area (TPSA) is 96.4 Å². The summed E-state index contributed by atoms with van der Waals surface area (Å²) in [7, 11) is 0. The van der Waals surface area contributed by atoms with Crippen molar-refractivity contribution in [3.05, 3.63) is 36.4 Å². The molecule has 2 N–H and O–H groups in total. The lowest BCUT2D eigenvalue weighted by Gasteiger charge is -2.31. The Labute approximate surface area is 189 Å². The Morgan fingerprint density at radius 1 is 1.18 bits per heavy atom. The molecule has 4 aromatic rings. The number of pyridine rings is 1. The van der Waals surface area contributed by atoms with Crippen molar-refractivity contribution in [2.75, 3.05) is 31.6 Å². The molecule has 1 aliphatic rings. The molecule has 0 spiro atoms. The van der Waals surface area contributed by atoms with E-state index in [4.69, 9.17) is 5.11 Å². The molecule has 0 atom stereocenters. The van der Waals surface area contributed by atoms with E-state index in [2.05, 4.69) is 30.3 Å². The number of alkyl halides is 2. The molecule has 5 rings (SSSR count). The molecule has 11 heteroatoms. The number of imidazole rings is 1. The molecule has 33 heavy (non-hydrogen) atoms. The highest BCUT2D eigenvalue weighted by atomic mass is 19.3. The van der Waals surface area contributed by atoms with E-state index in [0.717, 1.165) is 37.0 Å². The van der Waals surface area contributed by atoms with Crippen molar-refractivity contribution in [2.45, 2.75) is 38.8 Å². The number of nitrogens with zero attached hydrogens (tertiary/aromatic N) is 7. The fourth-order valence-corrected chi connectivity index (χ4v) is 4.43. The van der Waals surface area contributed by atoms with E-state index in [-0.39, 0.29) is 12.6 Å². The minimum atomic E-state index is -2.48. The second-order valence-electron chi connectivity index (χ2n) is 8.32. The van der Waals surface area contributed by atoms with E-state index < -0.39 is 13.0 Å². The van der Waals surface area contributed by atoms with Gasteiger partial charge in [-0.3, -0.25) is 0 Å². The van der Waals surface area contributed by atoms with E-state index in [0.29, 0.717) is 35.2 Å². The maximum atomic E-state index is 13.0. The number of nitrogens with one attached hydrogen (secondary N) is 1. The first kappa shape index (κ1) is 21.7. The zero-order valence-electron chi connectivity index (χ0n) is 18.3. The predicted molar refractivity (Wildman–Crippen MR) is 120 cm³/mol. The summed E-state index contributed by atoms with van der Waals surface area (Å²) in [6.45, 7) is 4.03. The van der Waals surface area contributed by atoms with Crippen LogP contribution < -0.4 is 5.32 Å². The molecule has 0 bridgehead atoms. The lowest BCUT2D eigenvalue weighted by atomic mass is 10.1. The van der Waals surface area contributed by atoms with E-state index in [1.165, 1.54) is 4.57 Å². The summed E-state index contributed by atoms with van der Waals surface area (Å²) in [6, 6.07) is 5.82. The molecule has 0 unspecified atom stereocenters. The zero-order chi connectivity index (χ0) is 22.9. The van der Waals surface area contributed by atoms with Gasteiger partial charge in [0.05, 0.1) is 30.6 Å². The van der Waals surface area contributed by atoms with Gasteiger partial charge >= 0.3 is 0 Å². The Balaban J connectivity index is 1.38. The van der Waals surface area contributed by atoms with Crippen LogP contribution in [0.2, 0.25) is 0 Å². The number of aromatic nitrogens is 6. The smallest absolute Gasteiger partial charge is 0.256 e. The van der Waals surface area contributed by atoms with Gasteiger partial charge in [0.25, 0.3) is 6.43 Å². The third-order valence-electron chi connectivity index (χ3n) is 6.13. The molecule has 9 nitrogen and oxygen atoms in total. The van der Waals surface area contributed by atoms with Crippen LogP contribution in [0.1, 0.15) is 18.7 Å². The summed E-state index contributed by atoms with van der Waals surface area (Å²) in [4.78, 5) is 15.7. The monoisotopic (exact) mass is 456 g/mol. The zero-order valence-corrected chi connectivity index (χ0v) is 18.3. The van der Waals surface area contributed by atoms with Crippen LogP contribution >= 0.6 is 0 Å². The van der Waals surface area contributed by atoms with Gasteiger partial charge in [-0.1, -0.05) is 0 Å². The number of piperidine rings is 1. The van der Waals surface area contributed by atoms with Crippen LogP contribution in [0.25, 0.3) is 27.9 Å². The number of β-amino-alcohol motifs (C(OH)–C–C–N with tert-alkyl or cyclic N) is 1. The molecule has 0 saturated carbocycles. The second-order valence-corrected chi connectivity index (χ2v) is 8.32. The third kappa shape index (κ3) is 4.38. The van der Waals surface area contributed by atoms with Crippen molar-refractivity contribution >= 4 is 22.6 Å². The normalized spacial score (nSPS) is 15.8. The van der Waals surface area contributed by atoms with Crippen molar-refractivity contribution in [3.8, 4) is 11.3 Å². The van der Waals surface area contributed by atoms with Gasteiger partial charge in [0.1, 0.15) is 11.3 Å². The van der Waals surface area contributed by atoms with E-state index in [1.807, 2.05) is 18.3 Å². The van der Waals surface area contributed by atoms with Crippen LogP contribution in [-0.4, -0.2) is 77.8 Å². The summed E-state index contributed by atoms with van der Waals surface area (Å²) in [5.74, 6) is 1.07. The molecule has 0 radical (unpaired) electrons. The lowest BCUT2D eigenvalue weighted by Crippen LogP contribution is -2.40. The first-order valence-electron chi connectivity index (χ1n) is 11.1. The fourth-order valence-electron chi connectivity index (χ4n) is 4.43. The Bertz CT molecular complexity index is 1260. The van der Waals surface area contributed by atoms with Gasteiger partial charge in [-0.15, -0.1) is 5.10 Å². The number of anilines is 1. The first-order chi connectivity index (χ1) is 16.0. The molecule has 1 fully saturated rings. The molecule has 0 aliphatic carbocycles. The van der Waals surface area contributed by atoms with Gasteiger partial charge in [-0.25, -0.2) is 28.2 Å². The number of rotatable bonds is 7. The van der Waals surface area contributed by atoms with Crippen LogP contribution in [-0.2, 0) is 6.54 Å². The number of aliphatic hydroxyl groups is 1. The highest BCUT2D eigenvalue weighted by Gasteiger charge is 2.20. The number of aryl methyl sites for hydroxylation is 1. The summed E-state index contributed by atoms with van der Waals surface area (Å²) < 4.78 is 29.3. The van der Waals surface area contributed by atoms with Gasteiger partial charge in [-0.05, 0) is 38.0 Å². The minimum Gasteiger partial charge on any atom is -0.395 e. The Hall–Kier alpha value is -3.18. The van der Waals surface area contributed by atoms with Gasteiger partial charge in [-0.2, -0.15) is 0 Å². The van der Waals surface area contributed by atoms with Gasteiger partial charge in [0, 0.05) is 37.4 Å². The maximum Gasteiger partial charge on any atom is 0.256 e. The average molecular weight is 457 g/mol. The van der Waals surface area contributed by atoms with Crippen molar-refractivity contribution in [1.29, 1.82) is 0 Å². The Morgan fingerprint density at radius 3 is 2.76 bits per heavy atom. The van der Waals surface area contributed by atoms with Crippen molar-refractivity contribution in [2.24, 2.45) is 0 Å². The van der Waals surface area contributed by atoms with Crippen molar-refractivity contribution in [3.63, 3.8) is 0 Å². The number of hydrogen-bond acceptors (Lipinski definition) is 7. The summed E-state index contributed by atoms with van der Waals surface area (Å²) in [5.41, 5.74) is 3.29. The minimum absolute atomic E-state index is 0.184. The molecule has 0 aromatic carbocycles. The molecular weight excluding hydrogens is 430 g/mol. The quantitative estimate of drug-likeness (QED) is 0.441. The summed E-state index contributed by atoms with van der Waals surface area (Å²) >= 11 is 0. The first-order valence-corrected chi connectivity index (χ1v) is 11.1. The van der Waals surface area contributed by atoms with Gasteiger partial charge in [0.2, 0.25) is 5.95 Å². The number of likely N-dealkylation sites (tertiary alicyclic amines) is 1. The largest absolute Gasteiger partial charge is 0.395 e. The number of hydrogen-bond donors (Lipinski definition) is 2. The second kappa shape index (κ2) is 8.99. The summed E-state index contributed by atoms with van der Waals surface area (Å²) in [6.07, 6.45) is 3.04. The molecule has 1 aliphatic heterocycles. The third-order valence-corrected chi connectivity index (χ3v) is 6.13. The molecular formula is C22H26F2N8O. The van der Waals surface area contributed by atoms with Gasteiger partial charge < -0.3 is 19.9 Å². The SMILES string of the molecule is Cc1nc2ccc(-c3ccn4nc(NC5CCN(CCO)CC5)ncc34)nc2n1CC(F)F. The van der Waals surface area contributed by atoms with E-state index in [9.17, 15) is 8.78 Å². The van der Waals surface area contributed by atoms with Crippen molar-refractivity contribution < 1.29 is 13.9 Å². The maximum absolute atomic E-state index is 13.0. The van der Waals surface area contributed by atoms with Crippen LogP contribution in [0.5, 0.6) is 0 Å². The highest BCUT2D eigenvalue weighted by molar-refractivity contribution is 5.82. The summed E-state index contributed by atoms with van der Waals surface area (Å²) in [5, 5.41) is 17.1. The number of fused-ring (bicyclic) bond motifs is 2. The molecule has 174 valence electrons. The van der Waals surface area contributed by atoms with Crippen LogP contribution in [0.4, 0.5) is 14.7 Å². The standard InChI is InChI=1S/C22H26F2N8O/c1-14-26-18-3-2-17(28-21(18)31(14)13-20(23)24)16-6-9-32-19(16)12-25-22(29-32)27-15-4-7-30(8-5-15)10-11-33/h2-3,6,9,12,15,20,33H,4-5,7-8,10-11,13H2,1H3,(H,27,29). The molecule has 4 aromatic heterocycles.